The molecule has 20 heavy (non-hydrogen) atoms. The summed E-state index contributed by atoms with van der Waals surface area (Å²) in [5.74, 6) is 0.287. The van der Waals surface area contributed by atoms with Crippen molar-refractivity contribution >= 4 is 17.5 Å². The molecule has 1 rings (SSSR count). The third-order valence-corrected chi connectivity index (χ3v) is 3.28. The van der Waals surface area contributed by atoms with Gasteiger partial charge in [0.1, 0.15) is 0 Å². The van der Waals surface area contributed by atoms with Crippen molar-refractivity contribution in [2.45, 2.75) is 13.5 Å². The van der Waals surface area contributed by atoms with Crippen LogP contribution in [0.4, 0.5) is 0 Å². The molecule has 0 aliphatic rings. The predicted octanol–water partition coefficient (Wildman–Crippen LogP) is 1.87. The van der Waals surface area contributed by atoms with E-state index in [0.29, 0.717) is 29.4 Å². The summed E-state index contributed by atoms with van der Waals surface area (Å²) >= 11 is 5.99. The van der Waals surface area contributed by atoms with E-state index < -0.39 is 0 Å². The highest BCUT2D eigenvalue weighted by atomic mass is 35.5. The summed E-state index contributed by atoms with van der Waals surface area (Å²) in [4.78, 5) is 13.4. The molecule has 0 radical (unpaired) electrons. The Bertz CT molecular complexity index is 480. The normalized spacial score (nSPS) is 12.3. The molecule has 1 amide bonds. The highest BCUT2D eigenvalue weighted by Crippen LogP contribution is 2.34. The van der Waals surface area contributed by atoms with Crippen molar-refractivity contribution in [3.63, 3.8) is 0 Å². The van der Waals surface area contributed by atoms with Crippen LogP contribution in [0.15, 0.2) is 12.1 Å². The molecule has 0 aliphatic carbocycles. The van der Waals surface area contributed by atoms with Crippen molar-refractivity contribution in [1.82, 2.24) is 10.2 Å². The van der Waals surface area contributed by atoms with Gasteiger partial charge in [-0.25, -0.2) is 0 Å². The number of phenolic OH excluding ortho intramolecular Hbond substituents is 1. The maximum absolute atomic E-state index is 11.5. The highest BCUT2D eigenvalue weighted by Gasteiger charge is 2.16. The monoisotopic (exact) mass is 300 g/mol. The Kier molecular flexibility index (Phi) is 6.10. The van der Waals surface area contributed by atoms with E-state index in [4.69, 9.17) is 16.3 Å². The van der Waals surface area contributed by atoms with Crippen molar-refractivity contribution in [2.24, 2.45) is 5.92 Å². The molecule has 0 saturated heterocycles. The Morgan fingerprint density at radius 2 is 2.20 bits per heavy atom. The fourth-order valence-electron chi connectivity index (χ4n) is 2.06. The molecule has 112 valence electrons. The number of nitrogens with one attached hydrogen (secondary N) is 1. The van der Waals surface area contributed by atoms with Crippen LogP contribution in [0.5, 0.6) is 11.5 Å². The number of halogens is 1. The van der Waals surface area contributed by atoms with E-state index in [9.17, 15) is 9.90 Å². The Balaban J connectivity index is 2.78. The van der Waals surface area contributed by atoms with E-state index in [1.54, 1.807) is 19.2 Å². The second-order valence-electron chi connectivity index (χ2n) is 4.83. The molecule has 5 nitrogen and oxygen atoms in total. The van der Waals surface area contributed by atoms with Gasteiger partial charge in [-0.2, -0.15) is 0 Å². The maximum atomic E-state index is 11.5. The van der Waals surface area contributed by atoms with Crippen molar-refractivity contribution in [3.05, 3.63) is 22.7 Å². The smallest absolute Gasteiger partial charge is 0.223 e. The van der Waals surface area contributed by atoms with E-state index in [-0.39, 0.29) is 17.6 Å². The van der Waals surface area contributed by atoms with Crippen LogP contribution >= 0.6 is 11.6 Å². The predicted molar refractivity (Wildman–Crippen MR) is 79.2 cm³/mol. The molecule has 6 heteroatoms. The minimum atomic E-state index is -0.131. The molecule has 0 spiro atoms. The lowest BCUT2D eigenvalue weighted by Gasteiger charge is -2.21. The summed E-state index contributed by atoms with van der Waals surface area (Å²) in [5, 5.41) is 13.2. The van der Waals surface area contributed by atoms with Gasteiger partial charge < -0.3 is 20.1 Å². The first-order valence-electron chi connectivity index (χ1n) is 6.34. The molecule has 0 heterocycles. The fraction of sp³-hybridized carbons (Fsp3) is 0.500. The number of amides is 1. The van der Waals surface area contributed by atoms with Gasteiger partial charge in [0.15, 0.2) is 11.5 Å². The van der Waals surface area contributed by atoms with Crippen LogP contribution in [-0.2, 0) is 11.3 Å². The first kappa shape index (κ1) is 16.6. The third kappa shape index (κ3) is 4.28. The van der Waals surface area contributed by atoms with Crippen LogP contribution in [0.2, 0.25) is 5.02 Å². The Labute approximate surface area is 124 Å². The average molecular weight is 301 g/mol. The lowest BCUT2D eigenvalue weighted by molar-refractivity contribution is -0.124. The number of aromatic hydroxyl groups is 1. The van der Waals surface area contributed by atoms with Gasteiger partial charge in [0.25, 0.3) is 0 Å². The van der Waals surface area contributed by atoms with Crippen molar-refractivity contribution in [3.8, 4) is 11.5 Å². The van der Waals surface area contributed by atoms with Crippen LogP contribution in [-0.4, -0.2) is 43.7 Å². The van der Waals surface area contributed by atoms with E-state index in [1.807, 2.05) is 18.9 Å². The average Bonchev–Trinajstić information content (AvgIpc) is 2.41. The van der Waals surface area contributed by atoms with Crippen LogP contribution in [0.25, 0.3) is 0 Å². The number of hydrogen-bond donors (Lipinski definition) is 2. The van der Waals surface area contributed by atoms with Gasteiger partial charge in [-0.15, -0.1) is 0 Å². The number of phenols is 1. The van der Waals surface area contributed by atoms with Gasteiger partial charge in [-0.3, -0.25) is 4.79 Å². The van der Waals surface area contributed by atoms with E-state index in [0.717, 1.165) is 0 Å². The van der Waals surface area contributed by atoms with Gasteiger partial charge in [0, 0.05) is 42.7 Å². The number of carbonyl (C=O) groups is 1. The third-order valence-electron chi connectivity index (χ3n) is 3.06. The molecule has 0 aromatic heterocycles. The van der Waals surface area contributed by atoms with Gasteiger partial charge in [0.05, 0.1) is 7.11 Å². The molecular weight excluding hydrogens is 280 g/mol. The number of benzene rings is 1. The zero-order valence-corrected chi connectivity index (χ0v) is 13.0. The van der Waals surface area contributed by atoms with Crippen molar-refractivity contribution in [1.29, 1.82) is 0 Å². The maximum Gasteiger partial charge on any atom is 0.223 e. The summed E-state index contributed by atoms with van der Waals surface area (Å²) in [7, 11) is 4.98. The molecule has 0 bridgehead atoms. The largest absolute Gasteiger partial charge is 0.504 e. The van der Waals surface area contributed by atoms with Crippen LogP contribution in [0.1, 0.15) is 12.5 Å². The van der Waals surface area contributed by atoms with Gasteiger partial charge >= 0.3 is 0 Å². The summed E-state index contributed by atoms with van der Waals surface area (Å²) < 4.78 is 5.07. The van der Waals surface area contributed by atoms with E-state index >= 15 is 0 Å². The molecule has 0 saturated carbocycles. The van der Waals surface area contributed by atoms with Gasteiger partial charge in [-0.05, 0) is 13.1 Å². The molecule has 0 fully saturated rings. The Hall–Kier alpha value is -1.46. The molecule has 1 unspecified atom stereocenters. The summed E-state index contributed by atoms with van der Waals surface area (Å²) in [6.07, 6.45) is 0. The number of hydrogen-bond acceptors (Lipinski definition) is 4. The lowest BCUT2D eigenvalue weighted by atomic mass is 10.1. The van der Waals surface area contributed by atoms with E-state index in [2.05, 4.69) is 5.32 Å². The number of ether oxygens (including phenoxy) is 1. The molecule has 2 N–H and O–H groups in total. The fourth-order valence-corrected chi connectivity index (χ4v) is 2.29. The molecule has 1 aromatic rings. The quantitative estimate of drug-likeness (QED) is 0.842. The van der Waals surface area contributed by atoms with Crippen LogP contribution in [0.3, 0.4) is 0 Å². The summed E-state index contributed by atoms with van der Waals surface area (Å²) in [6.45, 7) is 2.91. The zero-order valence-electron chi connectivity index (χ0n) is 12.2. The topological polar surface area (TPSA) is 61.8 Å². The standard InChI is InChI=1S/C14H21ClN2O3/c1-9(14(19)16-2)7-17(3)8-10-5-11(15)6-12(20-4)13(10)18/h5-6,9,18H,7-8H2,1-4H3,(H,16,19). The van der Waals surface area contributed by atoms with Gasteiger partial charge in [-0.1, -0.05) is 18.5 Å². The highest BCUT2D eigenvalue weighted by molar-refractivity contribution is 6.30. The second-order valence-corrected chi connectivity index (χ2v) is 5.26. The summed E-state index contributed by atoms with van der Waals surface area (Å²) in [5.41, 5.74) is 0.668. The number of nitrogens with zero attached hydrogens (tertiary/aromatic N) is 1. The first-order chi connectivity index (χ1) is 9.38. The minimum absolute atomic E-state index is 0.00949. The first-order valence-corrected chi connectivity index (χ1v) is 6.72. The molecule has 1 atom stereocenters. The van der Waals surface area contributed by atoms with Crippen LogP contribution in [0, 0.1) is 5.92 Å². The summed E-state index contributed by atoms with van der Waals surface area (Å²) in [6, 6.07) is 3.26. The number of carbonyl (C=O) groups excluding carboxylic acids is 1. The lowest BCUT2D eigenvalue weighted by Crippen LogP contribution is -2.34. The Morgan fingerprint density at radius 1 is 1.55 bits per heavy atom. The Morgan fingerprint density at radius 3 is 2.75 bits per heavy atom. The zero-order chi connectivity index (χ0) is 15.3. The minimum Gasteiger partial charge on any atom is -0.504 e. The van der Waals surface area contributed by atoms with Gasteiger partial charge in [0.2, 0.25) is 5.91 Å². The number of rotatable bonds is 6. The second kappa shape index (κ2) is 7.36. The molecular formula is C14H21ClN2O3. The molecule has 1 aromatic carbocycles. The number of methoxy groups -OCH3 is 1. The van der Waals surface area contributed by atoms with E-state index in [1.165, 1.54) is 7.11 Å². The van der Waals surface area contributed by atoms with Crippen molar-refractivity contribution in [2.75, 3.05) is 27.7 Å². The van der Waals surface area contributed by atoms with Crippen molar-refractivity contribution < 1.29 is 14.6 Å². The SMILES string of the molecule is CNC(=O)C(C)CN(C)Cc1cc(Cl)cc(OC)c1O. The molecule has 0 aliphatic heterocycles. The van der Waals surface area contributed by atoms with Crippen LogP contribution < -0.4 is 10.1 Å².